The van der Waals surface area contributed by atoms with E-state index in [1.807, 2.05) is 0 Å². The molecular weight excluding hydrogens is 492 g/mol. The van der Waals surface area contributed by atoms with Crippen LogP contribution >= 0.6 is 0 Å². The van der Waals surface area contributed by atoms with E-state index in [0.717, 1.165) is 12.1 Å². The molecule has 0 spiro atoms. The zero-order chi connectivity index (χ0) is 26.6. The van der Waals surface area contributed by atoms with E-state index in [9.17, 15) is 60.7 Å². The Labute approximate surface area is 198 Å². The van der Waals surface area contributed by atoms with E-state index in [1.165, 1.54) is 0 Å². The van der Waals surface area contributed by atoms with Crippen LogP contribution in [-0.2, 0) is 9.53 Å². The molecule has 4 rings (SSSR count). The molecule has 3 aromatic rings. The minimum Gasteiger partial charge on any atom is -0.507 e. The Bertz CT molecular complexity index is 1400. The largest absolute Gasteiger partial charge is 0.507 e. The van der Waals surface area contributed by atoms with E-state index < -0.39 is 99.1 Å². The van der Waals surface area contributed by atoms with Gasteiger partial charge in [-0.15, -0.1) is 0 Å². The van der Waals surface area contributed by atoms with Crippen LogP contribution in [0, 0.1) is 0 Å². The normalized spacial score (nSPS) is 24.0. The molecule has 36 heavy (non-hydrogen) atoms. The summed E-state index contributed by atoms with van der Waals surface area (Å²) in [6.45, 7) is 0. The molecule has 0 amide bonds. The van der Waals surface area contributed by atoms with Gasteiger partial charge in [-0.3, -0.25) is 4.79 Å². The van der Waals surface area contributed by atoms with Crippen molar-refractivity contribution in [1.82, 2.24) is 0 Å². The minimum absolute atomic E-state index is 0.355. The number of phenols is 5. The second kappa shape index (κ2) is 8.65. The van der Waals surface area contributed by atoms with Crippen molar-refractivity contribution >= 4 is 16.9 Å². The van der Waals surface area contributed by atoms with Crippen molar-refractivity contribution in [2.75, 3.05) is 0 Å². The smallest absolute Gasteiger partial charge is 0.335 e. The third kappa shape index (κ3) is 3.81. The molecule has 1 aromatic heterocycles. The van der Waals surface area contributed by atoms with Crippen molar-refractivity contribution < 1.29 is 69.8 Å². The molecule has 10 N–H and O–H groups in total. The summed E-state index contributed by atoms with van der Waals surface area (Å²) in [5.41, 5.74) is -2.42. The molecule has 15 heteroatoms. The van der Waals surface area contributed by atoms with Gasteiger partial charge in [0, 0.05) is 11.6 Å². The van der Waals surface area contributed by atoms with Gasteiger partial charge in [0.2, 0.25) is 23.2 Å². The van der Waals surface area contributed by atoms with E-state index in [-0.39, 0.29) is 5.56 Å². The number of carbonyl (C=O) groups is 1. The lowest BCUT2D eigenvalue weighted by Crippen LogP contribution is -2.61. The highest BCUT2D eigenvalue weighted by molar-refractivity contribution is 5.93. The van der Waals surface area contributed by atoms with Crippen LogP contribution in [0.2, 0.25) is 0 Å². The van der Waals surface area contributed by atoms with Crippen LogP contribution in [0.1, 0.15) is 0 Å². The quantitative estimate of drug-likeness (QED) is 0.188. The predicted molar refractivity (Wildman–Crippen MR) is 113 cm³/mol. The Morgan fingerprint density at radius 1 is 0.806 bits per heavy atom. The monoisotopic (exact) mass is 510 g/mol. The maximum absolute atomic E-state index is 12.8. The number of aliphatic hydroxyl groups excluding tert-OH is 3. The lowest BCUT2D eigenvalue weighted by atomic mass is 9.99. The third-order valence-electron chi connectivity index (χ3n) is 5.44. The molecule has 0 saturated carbocycles. The first-order chi connectivity index (χ1) is 16.8. The Morgan fingerprint density at radius 2 is 1.42 bits per heavy atom. The number of ether oxygens (including phenoxy) is 2. The summed E-state index contributed by atoms with van der Waals surface area (Å²) in [6, 6.07) is 2.19. The van der Waals surface area contributed by atoms with E-state index in [4.69, 9.17) is 13.9 Å². The standard InChI is InChI=1S/C21H18O15/c22-5-3-8(25)17(35-21-15(31)12(28)14(30)19(36-21)20(32)33)18-9(5)11(27)13(29)16(34-18)4-1-6(23)10(26)7(24)2-4/h1-3,12,14-15,19,21-26,28-31H,(H,32,33)/t12-,14-,15+,19-,21+/m0/s1. The fourth-order valence-electron chi connectivity index (χ4n) is 3.61. The lowest BCUT2D eigenvalue weighted by molar-refractivity contribution is -0.271. The summed E-state index contributed by atoms with van der Waals surface area (Å²) >= 11 is 0. The second-order valence-electron chi connectivity index (χ2n) is 7.77. The highest BCUT2D eigenvalue weighted by atomic mass is 16.7. The predicted octanol–water partition coefficient (Wildman–Crippen LogP) is -1.04. The number of aromatic hydroxyl groups is 6. The molecule has 0 radical (unpaired) electrons. The summed E-state index contributed by atoms with van der Waals surface area (Å²) in [7, 11) is 0. The van der Waals surface area contributed by atoms with E-state index in [2.05, 4.69) is 0 Å². The van der Waals surface area contributed by atoms with Crippen molar-refractivity contribution in [3.05, 3.63) is 28.4 Å². The number of hydrogen-bond donors (Lipinski definition) is 10. The third-order valence-corrected chi connectivity index (χ3v) is 5.44. The topological polar surface area (TPSA) is 268 Å². The van der Waals surface area contributed by atoms with Gasteiger partial charge in [0.15, 0.2) is 40.4 Å². The average molecular weight is 510 g/mol. The van der Waals surface area contributed by atoms with Crippen molar-refractivity contribution in [3.8, 4) is 51.6 Å². The molecule has 0 bridgehead atoms. The molecule has 2 heterocycles. The maximum Gasteiger partial charge on any atom is 0.335 e. The van der Waals surface area contributed by atoms with Crippen LogP contribution in [0.3, 0.4) is 0 Å². The molecule has 0 unspecified atom stereocenters. The molecule has 0 aliphatic carbocycles. The SMILES string of the molecule is O=C(O)[C@H]1O[C@@H](Oc2c(O)cc(O)c3c(=O)c(O)c(-c4cc(O)c(O)c(O)c4)oc23)[C@H](O)[C@@H](O)[C@@H]1O. The molecule has 1 aliphatic rings. The van der Waals surface area contributed by atoms with E-state index >= 15 is 0 Å². The fraction of sp³-hybridized carbons (Fsp3) is 0.238. The van der Waals surface area contributed by atoms with Crippen LogP contribution in [0.4, 0.5) is 0 Å². The molecule has 192 valence electrons. The number of rotatable bonds is 4. The van der Waals surface area contributed by atoms with E-state index in [1.54, 1.807) is 0 Å². The number of phenolic OH excluding ortho intramolecular Hbond substituents is 5. The summed E-state index contributed by atoms with van der Waals surface area (Å²) in [6.07, 6.45) is -10.3. The summed E-state index contributed by atoms with van der Waals surface area (Å²) in [5, 5.41) is 98.4. The van der Waals surface area contributed by atoms with E-state index in [0.29, 0.717) is 6.07 Å². The van der Waals surface area contributed by atoms with Gasteiger partial charge in [-0.05, 0) is 12.1 Å². The first kappa shape index (κ1) is 24.7. The highest BCUT2D eigenvalue weighted by Crippen LogP contribution is 2.46. The average Bonchev–Trinajstić information content (AvgIpc) is 2.81. The molecule has 15 nitrogen and oxygen atoms in total. The number of hydrogen-bond acceptors (Lipinski definition) is 14. The Morgan fingerprint density at radius 3 is 2.00 bits per heavy atom. The van der Waals surface area contributed by atoms with Crippen molar-refractivity contribution in [2.45, 2.75) is 30.7 Å². The molecular formula is C21H18O15. The van der Waals surface area contributed by atoms with Gasteiger partial charge in [0.05, 0.1) is 0 Å². The number of fused-ring (bicyclic) bond motifs is 1. The van der Waals surface area contributed by atoms with Crippen LogP contribution in [0.5, 0.6) is 40.2 Å². The molecule has 1 fully saturated rings. The Hall–Kier alpha value is -4.44. The van der Waals surface area contributed by atoms with Crippen LogP contribution < -0.4 is 10.2 Å². The number of carboxylic acids is 1. The number of aliphatic hydroxyl groups is 3. The molecule has 1 saturated heterocycles. The van der Waals surface area contributed by atoms with Crippen LogP contribution in [0.15, 0.2) is 27.4 Å². The first-order valence-electron chi connectivity index (χ1n) is 9.92. The number of benzene rings is 2. The van der Waals surface area contributed by atoms with Crippen molar-refractivity contribution in [1.29, 1.82) is 0 Å². The first-order valence-corrected chi connectivity index (χ1v) is 9.92. The lowest BCUT2D eigenvalue weighted by Gasteiger charge is -2.38. The second-order valence-corrected chi connectivity index (χ2v) is 7.77. The summed E-state index contributed by atoms with van der Waals surface area (Å²) in [5.74, 6) is -8.91. The maximum atomic E-state index is 12.8. The van der Waals surface area contributed by atoms with Gasteiger partial charge >= 0.3 is 5.97 Å². The van der Waals surface area contributed by atoms with Gasteiger partial charge in [0.1, 0.15) is 29.4 Å². The fourth-order valence-corrected chi connectivity index (χ4v) is 3.61. The van der Waals surface area contributed by atoms with Gasteiger partial charge in [0.25, 0.3) is 0 Å². The Kier molecular flexibility index (Phi) is 5.93. The van der Waals surface area contributed by atoms with Gasteiger partial charge in [-0.25, -0.2) is 4.79 Å². The summed E-state index contributed by atoms with van der Waals surface area (Å²) < 4.78 is 15.7. The minimum atomic E-state index is -2.08. The van der Waals surface area contributed by atoms with Crippen LogP contribution in [0.25, 0.3) is 22.3 Å². The van der Waals surface area contributed by atoms with Crippen LogP contribution in [-0.4, -0.2) is 87.7 Å². The molecule has 1 aliphatic heterocycles. The number of aliphatic carboxylic acids is 1. The van der Waals surface area contributed by atoms with Gasteiger partial charge < -0.3 is 65.0 Å². The molecule has 2 aromatic carbocycles. The molecule has 5 atom stereocenters. The Balaban J connectivity index is 1.91. The van der Waals surface area contributed by atoms with Crippen molar-refractivity contribution in [3.63, 3.8) is 0 Å². The van der Waals surface area contributed by atoms with Gasteiger partial charge in [-0.1, -0.05) is 0 Å². The van der Waals surface area contributed by atoms with Gasteiger partial charge in [-0.2, -0.15) is 0 Å². The zero-order valence-corrected chi connectivity index (χ0v) is 17.6. The number of carboxylic acid groups (broad SMARTS) is 1. The highest BCUT2D eigenvalue weighted by Gasteiger charge is 2.48. The van der Waals surface area contributed by atoms with Crippen molar-refractivity contribution in [2.24, 2.45) is 0 Å². The zero-order valence-electron chi connectivity index (χ0n) is 17.6. The summed E-state index contributed by atoms with van der Waals surface area (Å²) in [4.78, 5) is 24.2.